The van der Waals surface area contributed by atoms with Crippen molar-refractivity contribution in [1.82, 2.24) is 14.9 Å². The van der Waals surface area contributed by atoms with E-state index in [1.54, 1.807) is 27.7 Å². The molecule has 0 aliphatic heterocycles. The molecule has 31 heavy (non-hydrogen) atoms. The molecule has 1 amide bonds. The van der Waals surface area contributed by atoms with E-state index >= 15 is 0 Å². The van der Waals surface area contributed by atoms with Crippen LogP contribution >= 0.6 is 0 Å². The summed E-state index contributed by atoms with van der Waals surface area (Å²) in [5, 5.41) is 2.57. The van der Waals surface area contributed by atoms with Crippen LogP contribution in [0.4, 0.5) is 18.0 Å². The highest BCUT2D eigenvalue weighted by Crippen LogP contribution is 2.22. The lowest BCUT2D eigenvalue weighted by Crippen LogP contribution is -2.37. The number of amides is 1. The van der Waals surface area contributed by atoms with E-state index in [4.69, 9.17) is 4.74 Å². The molecular weight excluding hydrogens is 411 g/mol. The Balaban J connectivity index is 2.24. The molecule has 1 unspecified atom stereocenters. The minimum atomic E-state index is -0.902. The highest BCUT2D eigenvalue weighted by Gasteiger charge is 2.25. The van der Waals surface area contributed by atoms with Gasteiger partial charge in [-0.15, -0.1) is 0 Å². The van der Waals surface area contributed by atoms with Crippen LogP contribution in [0.5, 0.6) is 0 Å². The van der Waals surface area contributed by atoms with Crippen LogP contribution < -0.4 is 10.9 Å². The maximum atomic E-state index is 13.9. The number of alkyl carbamates (subject to hydrolysis) is 1. The fourth-order valence-corrected chi connectivity index (χ4v) is 3.13. The van der Waals surface area contributed by atoms with E-state index in [-0.39, 0.29) is 28.8 Å². The van der Waals surface area contributed by atoms with E-state index in [2.05, 4.69) is 10.3 Å². The Hall–Kier alpha value is -3.36. The molecule has 0 saturated heterocycles. The van der Waals surface area contributed by atoms with Gasteiger partial charge in [0, 0.05) is 6.07 Å². The average molecular weight is 433 g/mol. The molecular formula is C22H22F3N3O3. The van der Waals surface area contributed by atoms with Crippen molar-refractivity contribution >= 4 is 17.0 Å². The summed E-state index contributed by atoms with van der Waals surface area (Å²) >= 11 is 0. The van der Waals surface area contributed by atoms with E-state index in [0.717, 1.165) is 28.8 Å². The topological polar surface area (TPSA) is 73.2 Å². The van der Waals surface area contributed by atoms with Gasteiger partial charge in [-0.25, -0.2) is 22.9 Å². The summed E-state index contributed by atoms with van der Waals surface area (Å²) in [6.45, 7) is 6.82. The first-order valence-corrected chi connectivity index (χ1v) is 9.66. The lowest BCUT2D eigenvalue weighted by atomic mass is 10.1. The molecule has 9 heteroatoms. The summed E-state index contributed by atoms with van der Waals surface area (Å²) in [6, 6.07) is 5.23. The molecule has 1 atom stereocenters. The Morgan fingerprint density at radius 1 is 1.10 bits per heavy atom. The molecule has 3 rings (SSSR count). The number of hydrogen-bond donors (Lipinski definition) is 1. The second-order valence-electron chi connectivity index (χ2n) is 8.01. The highest BCUT2D eigenvalue weighted by atomic mass is 19.1. The summed E-state index contributed by atoms with van der Waals surface area (Å²) in [7, 11) is 0. The quantitative estimate of drug-likeness (QED) is 0.643. The van der Waals surface area contributed by atoms with Gasteiger partial charge in [-0.1, -0.05) is 6.92 Å². The fourth-order valence-electron chi connectivity index (χ4n) is 3.13. The van der Waals surface area contributed by atoms with Crippen molar-refractivity contribution in [2.24, 2.45) is 0 Å². The molecule has 0 fully saturated rings. The third kappa shape index (κ3) is 5.04. The lowest BCUT2D eigenvalue weighted by molar-refractivity contribution is 0.0499. The second-order valence-corrected chi connectivity index (χ2v) is 8.01. The summed E-state index contributed by atoms with van der Waals surface area (Å²) < 4.78 is 47.8. The molecule has 0 radical (unpaired) electrons. The largest absolute Gasteiger partial charge is 0.444 e. The first kappa shape index (κ1) is 22.3. The van der Waals surface area contributed by atoms with Gasteiger partial charge in [0.1, 0.15) is 28.9 Å². The normalized spacial score (nSPS) is 12.6. The molecule has 0 aliphatic rings. The molecule has 2 aromatic carbocycles. The number of hydrogen-bond acceptors (Lipinski definition) is 4. The second kappa shape index (κ2) is 8.41. The van der Waals surface area contributed by atoms with Gasteiger partial charge in [-0.2, -0.15) is 0 Å². The van der Waals surface area contributed by atoms with E-state index in [1.807, 2.05) is 0 Å². The Morgan fingerprint density at radius 2 is 1.74 bits per heavy atom. The number of ether oxygens (including phenoxy) is 1. The van der Waals surface area contributed by atoms with Gasteiger partial charge in [-0.3, -0.25) is 9.36 Å². The molecule has 0 bridgehead atoms. The lowest BCUT2D eigenvalue weighted by Gasteiger charge is -2.24. The van der Waals surface area contributed by atoms with Gasteiger partial charge in [0.2, 0.25) is 0 Å². The van der Waals surface area contributed by atoms with Gasteiger partial charge in [0.15, 0.2) is 0 Å². The van der Waals surface area contributed by atoms with E-state index in [1.165, 1.54) is 6.07 Å². The van der Waals surface area contributed by atoms with Crippen LogP contribution in [0.25, 0.3) is 16.6 Å². The Labute approximate surface area is 176 Å². The summed E-state index contributed by atoms with van der Waals surface area (Å²) in [5.41, 5.74) is -1.45. The Morgan fingerprint density at radius 3 is 2.32 bits per heavy atom. The number of nitrogens with zero attached hydrogens (tertiary/aromatic N) is 2. The van der Waals surface area contributed by atoms with Crippen LogP contribution in [-0.4, -0.2) is 21.2 Å². The Bertz CT molecular complexity index is 1180. The number of rotatable bonds is 4. The van der Waals surface area contributed by atoms with Crippen molar-refractivity contribution in [3.63, 3.8) is 0 Å². The number of nitrogens with one attached hydrogen (secondary N) is 1. The van der Waals surface area contributed by atoms with Gasteiger partial charge in [0.05, 0.1) is 22.6 Å². The van der Waals surface area contributed by atoms with Crippen LogP contribution in [0, 0.1) is 17.5 Å². The van der Waals surface area contributed by atoms with Gasteiger partial charge in [-0.05, 0) is 57.5 Å². The third-order valence-corrected chi connectivity index (χ3v) is 4.37. The Kier molecular flexibility index (Phi) is 6.06. The predicted molar refractivity (Wildman–Crippen MR) is 110 cm³/mol. The molecule has 164 valence electrons. The molecule has 0 saturated carbocycles. The molecule has 6 nitrogen and oxygen atoms in total. The van der Waals surface area contributed by atoms with Crippen molar-refractivity contribution in [2.75, 3.05) is 0 Å². The molecule has 1 aromatic heterocycles. The van der Waals surface area contributed by atoms with E-state index in [0.29, 0.717) is 6.07 Å². The molecule has 0 spiro atoms. The van der Waals surface area contributed by atoms with Crippen LogP contribution in [0.3, 0.4) is 0 Å². The van der Waals surface area contributed by atoms with Gasteiger partial charge >= 0.3 is 6.09 Å². The minimum Gasteiger partial charge on any atom is -0.444 e. The number of benzene rings is 2. The van der Waals surface area contributed by atoms with Crippen LogP contribution in [0.15, 0.2) is 41.2 Å². The number of aromatic nitrogens is 2. The highest BCUT2D eigenvalue weighted by molar-refractivity contribution is 5.78. The third-order valence-electron chi connectivity index (χ3n) is 4.37. The first-order valence-electron chi connectivity index (χ1n) is 9.66. The zero-order valence-corrected chi connectivity index (χ0v) is 17.5. The molecule has 0 aliphatic carbocycles. The number of carbonyl (C=O) groups is 1. The summed E-state index contributed by atoms with van der Waals surface area (Å²) in [5.74, 6) is -2.43. The summed E-state index contributed by atoms with van der Waals surface area (Å²) in [6.07, 6.45) is -0.458. The maximum absolute atomic E-state index is 13.9. The smallest absolute Gasteiger partial charge is 0.408 e. The van der Waals surface area contributed by atoms with Crippen molar-refractivity contribution in [2.45, 2.75) is 45.8 Å². The van der Waals surface area contributed by atoms with Crippen molar-refractivity contribution in [3.05, 3.63) is 70.0 Å². The fraction of sp³-hybridized carbons (Fsp3) is 0.318. The predicted octanol–water partition coefficient (Wildman–Crippen LogP) is 4.78. The van der Waals surface area contributed by atoms with Crippen LogP contribution in [0.1, 0.15) is 46.0 Å². The number of fused-ring (bicyclic) bond motifs is 1. The average Bonchev–Trinajstić information content (AvgIpc) is 2.64. The zero-order valence-electron chi connectivity index (χ0n) is 17.5. The van der Waals surface area contributed by atoms with E-state index in [9.17, 15) is 22.8 Å². The van der Waals surface area contributed by atoms with Crippen molar-refractivity contribution in [3.8, 4) is 5.69 Å². The molecule has 1 heterocycles. The first-order chi connectivity index (χ1) is 14.5. The van der Waals surface area contributed by atoms with Crippen LogP contribution in [-0.2, 0) is 4.74 Å². The number of halogens is 3. The number of carbonyl (C=O) groups excluding carboxylic acids is 1. The minimum absolute atomic E-state index is 0.0301. The summed E-state index contributed by atoms with van der Waals surface area (Å²) in [4.78, 5) is 30.0. The van der Waals surface area contributed by atoms with Gasteiger partial charge in [0.25, 0.3) is 5.56 Å². The van der Waals surface area contributed by atoms with Crippen molar-refractivity contribution in [1.29, 1.82) is 0 Å². The molecule has 3 aromatic rings. The molecule has 1 N–H and O–H groups in total. The van der Waals surface area contributed by atoms with Crippen molar-refractivity contribution < 1.29 is 22.7 Å². The zero-order chi connectivity index (χ0) is 22.9. The SMILES string of the molecule is CCC(NC(=O)OC(C)(C)C)c1nc2ccc(F)cc2c(=O)n1-c1cc(F)cc(F)c1. The standard InChI is InChI=1S/C22H22F3N3O3/c1-5-17(27-21(30)31-22(2,3)4)19-26-18-7-6-12(23)11-16(18)20(29)28(19)15-9-13(24)8-14(25)10-15/h6-11,17H,5H2,1-4H3,(H,27,30). The maximum Gasteiger partial charge on any atom is 0.408 e. The van der Waals surface area contributed by atoms with Gasteiger partial charge < -0.3 is 10.1 Å². The van der Waals surface area contributed by atoms with Crippen LogP contribution in [0.2, 0.25) is 0 Å². The van der Waals surface area contributed by atoms with E-state index < -0.39 is 40.7 Å². The monoisotopic (exact) mass is 433 g/mol.